The Morgan fingerprint density at radius 3 is 2.10 bits per heavy atom. The van der Waals surface area contributed by atoms with Crippen molar-refractivity contribution >= 4 is 27.5 Å². The van der Waals surface area contributed by atoms with Gasteiger partial charge in [-0.2, -0.15) is 0 Å². The first-order chi connectivity index (χ1) is 19.1. The number of ether oxygens (including phenoxy) is 2. The van der Waals surface area contributed by atoms with Gasteiger partial charge in [0.2, 0.25) is 11.8 Å². The predicted octanol–water partition coefficient (Wildman–Crippen LogP) is 4.23. The molecule has 0 heterocycles. The molecule has 9 nitrogen and oxygen atoms in total. The monoisotopic (exact) mass is 567 g/mol. The smallest absolute Gasteiger partial charge is 0.264 e. The average molecular weight is 568 g/mol. The number of benzene rings is 3. The number of rotatable bonds is 13. The maximum Gasteiger partial charge on any atom is 0.264 e. The highest BCUT2D eigenvalue weighted by Gasteiger charge is 2.33. The number of carbonyl (C=O) groups excluding carboxylic acids is 2. The van der Waals surface area contributed by atoms with Crippen molar-refractivity contribution < 1.29 is 27.5 Å². The summed E-state index contributed by atoms with van der Waals surface area (Å²) in [5.74, 6) is 0.0681. The lowest BCUT2D eigenvalue weighted by atomic mass is 10.1. The third-order valence-corrected chi connectivity index (χ3v) is 8.42. The zero-order valence-corrected chi connectivity index (χ0v) is 24.4. The van der Waals surface area contributed by atoms with E-state index in [-0.39, 0.29) is 29.1 Å². The van der Waals surface area contributed by atoms with Crippen LogP contribution in [0.5, 0.6) is 11.5 Å². The van der Waals surface area contributed by atoms with E-state index >= 15 is 0 Å². The van der Waals surface area contributed by atoms with Crippen LogP contribution in [-0.2, 0) is 26.2 Å². The topological polar surface area (TPSA) is 105 Å². The van der Waals surface area contributed by atoms with E-state index in [2.05, 4.69) is 5.32 Å². The molecule has 0 spiro atoms. The van der Waals surface area contributed by atoms with Crippen molar-refractivity contribution in [2.75, 3.05) is 25.1 Å². The first-order valence-corrected chi connectivity index (χ1v) is 14.5. The summed E-state index contributed by atoms with van der Waals surface area (Å²) >= 11 is 0. The zero-order valence-electron chi connectivity index (χ0n) is 23.5. The molecule has 1 N–H and O–H groups in total. The van der Waals surface area contributed by atoms with Crippen molar-refractivity contribution in [2.45, 2.75) is 50.7 Å². The van der Waals surface area contributed by atoms with Crippen LogP contribution < -0.4 is 19.1 Å². The number of hydrogen-bond donors (Lipinski definition) is 1. The molecule has 0 aromatic heterocycles. The molecule has 2 amide bonds. The summed E-state index contributed by atoms with van der Waals surface area (Å²) in [6.45, 7) is 5.02. The van der Waals surface area contributed by atoms with Gasteiger partial charge in [-0.3, -0.25) is 13.9 Å². The van der Waals surface area contributed by atoms with Crippen molar-refractivity contribution in [3.05, 3.63) is 84.4 Å². The van der Waals surface area contributed by atoms with Crippen LogP contribution in [-0.4, -0.2) is 58.0 Å². The minimum atomic E-state index is -4.18. The number of hydrogen-bond acceptors (Lipinski definition) is 6. The minimum absolute atomic E-state index is 0.0259. The largest absolute Gasteiger partial charge is 0.497 e. The SMILES string of the molecule is CC[C@H](C)NC(=O)[C@@H](C)N(Cc1ccc(OC)cc1)C(=O)CN(c1ccccc1OC)S(=O)(=O)c1ccccc1. The van der Waals surface area contributed by atoms with Crippen LogP contribution in [0, 0.1) is 0 Å². The van der Waals surface area contributed by atoms with E-state index in [0.717, 1.165) is 16.3 Å². The van der Waals surface area contributed by atoms with E-state index in [1.807, 2.05) is 13.8 Å². The lowest BCUT2D eigenvalue weighted by Gasteiger charge is -2.32. The quantitative estimate of drug-likeness (QED) is 0.332. The van der Waals surface area contributed by atoms with Gasteiger partial charge in [-0.15, -0.1) is 0 Å². The molecule has 0 aliphatic heterocycles. The van der Waals surface area contributed by atoms with Gasteiger partial charge in [0, 0.05) is 12.6 Å². The van der Waals surface area contributed by atoms with Crippen molar-refractivity contribution in [2.24, 2.45) is 0 Å². The molecule has 0 fully saturated rings. The van der Waals surface area contributed by atoms with Crippen molar-refractivity contribution in [1.29, 1.82) is 0 Å². The molecule has 40 heavy (non-hydrogen) atoms. The molecular formula is C30H37N3O6S. The molecule has 0 saturated heterocycles. The second-order valence-electron chi connectivity index (χ2n) is 9.36. The minimum Gasteiger partial charge on any atom is -0.497 e. The maximum absolute atomic E-state index is 14.0. The number of amides is 2. The van der Waals surface area contributed by atoms with Gasteiger partial charge in [0.1, 0.15) is 24.1 Å². The Hall–Kier alpha value is -4.05. The van der Waals surface area contributed by atoms with Crippen LogP contribution in [0.4, 0.5) is 5.69 Å². The summed E-state index contributed by atoms with van der Waals surface area (Å²) in [5, 5.41) is 2.92. The number of para-hydroxylation sites is 2. The highest BCUT2D eigenvalue weighted by atomic mass is 32.2. The van der Waals surface area contributed by atoms with Crippen molar-refractivity contribution in [1.82, 2.24) is 10.2 Å². The summed E-state index contributed by atoms with van der Waals surface area (Å²) in [7, 11) is -1.18. The standard InChI is InChI=1S/C30H37N3O6S/c1-6-22(2)31-30(35)23(3)32(20-24-16-18-25(38-4)19-17-24)29(34)21-33(27-14-10-11-15-28(27)39-5)40(36,37)26-12-8-7-9-13-26/h7-19,22-23H,6,20-21H2,1-5H3,(H,31,35)/t22-,23+/m0/s1. The average Bonchev–Trinajstić information content (AvgIpc) is 2.98. The Balaban J connectivity index is 2.04. The Kier molecular flexibility index (Phi) is 10.6. The molecule has 0 unspecified atom stereocenters. The molecule has 2 atom stereocenters. The summed E-state index contributed by atoms with van der Waals surface area (Å²) < 4.78 is 39.5. The van der Waals surface area contributed by atoms with E-state index < -0.39 is 28.5 Å². The van der Waals surface area contributed by atoms with Gasteiger partial charge >= 0.3 is 0 Å². The Bertz CT molecular complexity index is 1380. The molecule has 0 radical (unpaired) electrons. The van der Waals surface area contributed by atoms with Crippen molar-refractivity contribution in [3.8, 4) is 11.5 Å². The third kappa shape index (κ3) is 7.32. The fourth-order valence-corrected chi connectivity index (χ4v) is 5.49. The number of anilines is 1. The molecule has 3 aromatic rings. The van der Waals surface area contributed by atoms with Gasteiger partial charge in [0.25, 0.3) is 10.0 Å². The molecule has 0 saturated carbocycles. The van der Waals surface area contributed by atoms with Crippen LogP contribution in [0.15, 0.2) is 83.8 Å². The summed E-state index contributed by atoms with van der Waals surface area (Å²) in [6, 6.07) is 20.7. The summed E-state index contributed by atoms with van der Waals surface area (Å²) in [4.78, 5) is 28.6. The molecule has 0 bridgehead atoms. The van der Waals surface area contributed by atoms with Crippen LogP contribution in [0.1, 0.15) is 32.8 Å². The van der Waals surface area contributed by atoms with Crippen LogP contribution in [0.2, 0.25) is 0 Å². The van der Waals surface area contributed by atoms with Gasteiger partial charge < -0.3 is 19.7 Å². The number of carbonyl (C=O) groups is 2. The Morgan fingerprint density at radius 2 is 1.50 bits per heavy atom. The van der Waals surface area contributed by atoms with E-state index in [1.54, 1.807) is 80.8 Å². The van der Waals surface area contributed by atoms with Crippen LogP contribution in [0.3, 0.4) is 0 Å². The Morgan fingerprint density at radius 1 is 0.875 bits per heavy atom. The molecule has 0 aliphatic carbocycles. The predicted molar refractivity (Wildman–Crippen MR) is 155 cm³/mol. The zero-order chi connectivity index (χ0) is 29.3. The number of nitrogens with one attached hydrogen (secondary N) is 1. The van der Waals surface area contributed by atoms with Gasteiger partial charge in [0.05, 0.1) is 24.8 Å². The number of nitrogens with zero attached hydrogens (tertiary/aromatic N) is 2. The maximum atomic E-state index is 14.0. The molecule has 3 rings (SSSR count). The fraction of sp³-hybridized carbons (Fsp3) is 0.333. The molecule has 3 aromatic carbocycles. The second kappa shape index (κ2) is 13.8. The lowest BCUT2D eigenvalue weighted by Crippen LogP contribution is -2.52. The second-order valence-corrected chi connectivity index (χ2v) is 11.2. The van der Waals surface area contributed by atoms with Gasteiger partial charge in [-0.05, 0) is 62.2 Å². The normalized spacial score (nSPS) is 12.6. The van der Waals surface area contributed by atoms with E-state index in [4.69, 9.17) is 9.47 Å². The van der Waals surface area contributed by atoms with Gasteiger partial charge in [-0.25, -0.2) is 8.42 Å². The van der Waals surface area contributed by atoms with Crippen molar-refractivity contribution in [3.63, 3.8) is 0 Å². The lowest BCUT2D eigenvalue weighted by molar-refractivity contribution is -0.139. The van der Waals surface area contributed by atoms with E-state index in [0.29, 0.717) is 11.5 Å². The Labute approximate surface area is 236 Å². The first-order valence-electron chi connectivity index (χ1n) is 13.1. The summed E-state index contributed by atoms with van der Waals surface area (Å²) in [5.41, 5.74) is 0.968. The molecular weight excluding hydrogens is 530 g/mol. The number of methoxy groups -OCH3 is 2. The molecule has 0 aliphatic rings. The van der Waals surface area contributed by atoms with E-state index in [9.17, 15) is 18.0 Å². The number of sulfonamides is 1. The van der Waals surface area contributed by atoms with Crippen LogP contribution in [0.25, 0.3) is 0 Å². The summed E-state index contributed by atoms with van der Waals surface area (Å²) in [6.07, 6.45) is 0.724. The van der Waals surface area contributed by atoms with Gasteiger partial charge in [0.15, 0.2) is 0 Å². The third-order valence-electron chi connectivity index (χ3n) is 6.64. The highest BCUT2D eigenvalue weighted by molar-refractivity contribution is 7.92. The molecule has 10 heteroatoms. The highest BCUT2D eigenvalue weighted by Crippen LogP contribution is 2.32. The first kappa shape index (κ1) is 30.5. The molecule has 214 valence electrons. The van der Waals surface area contributed by atoms with Gasteiger partial charge in [-0.1, -0.05) is 49.4 Å². The van der Waals surface area contributed by atoms with E-state index in [1.165, 1.54) is 24.1 Å². The van der Waals surface area contributed by atoms with Crippen LogP contribution >= 0.6 is 0 Å². The fourth-order valence-electron chi connectivity index (χ4n) is 4.04.